The van der Waals surface area contributed by atoms with Crippen LogP contribution in [0.1, 0.15) is 79.1 Å². The quantitative estimate of drug-likeness (QED) is 0.452. The molecule has 3 saturated heterocycles. The molecule has 8 rings (SSSR count). The fraction of sp³-hybridized carbons (Fsp3) is 0.625. The minimum Gasteiger partial charge on any atom is -0.473 e. The third kappa shape index (κ3) is 4.36. The number of thiophene rings is 1. The Bertz CT molecular complexity index is 1590. The highest BCUT2D eigenvalue weighted by Crippen LogP contribution is 2.54. The highest BCUT2D eigenvalue weighted by molar-refractivity contribution is 7.16. The van der Waals surface area contributed by atoms with Gasteiger partial charge in [0, 0.05) is 60.2 Å². The molecular formula is C32H40N8O2S. The largest absolute Gasteiger partial charge is 0.473 e. The molecule has 1 unspecified atom stereocenters. The van der Waals surface area contributed by atoms with Gasteiger partial charge in [-0.05, 0) is 83.9 Å². The van der Waals surface area contributed by atoms with E-state index in [9.17, 15) is 5.26 Å². The van der Waals surface area contributed by atoms with Gasteiger partial charge in [-0.15, -0.1) is 11.3 Å². The van der Waals surface area contributed by atoms with Crippen LogP contribution in [0.5, 0.6) is 5.88 Å². The Hall–Kier alpha value is -3.20. The van der Waals surface area contributed by atoms with Crippen LogP contribution in [0.3, 0.4) is 0 Å². The second kappa shape index (κ2) is 10.5. The lowest BCUT2D eigenvalue weighted by atomic mass is 9.62. The molecule has 11 heteroatoms. The van der Waals surface area contributed by atoms with Crippen molar-refractivity contribution in [2.45, 2.75) is 88.3 Å². The van der Waals surface area contributed by atoms with Crippen molar-refractivity contribution < 1.29 is 9.26 Å². The van der Waals surface area contributed by atoms with Crippen LogP contribution in [0.4, 0.5) is 10.8 Å². The van der Waals surface area contributed by atoms with Crippen molar-refractivity contribution in [2.24, 2.45) is 0 Å². The van der Waals surface area contributed by atoms with Gasteiger partial charge < -0.3 is 19.9 Å². The average molecular weight is 601 g/mol. The topological polar surface area (TPSA) is 121 Å². The second-order valence-corrected chi connectivity index (χ2v) is 14.3. The molecule has 0 saturated carbocycles. The molecule has 1 spiro atoms. The minimum atomic E-state index is -0.346. The van der Waals surface area contributed by atoms with E-state index in [1.165, 1.54) is 24.3 Å². The third-order valence-corrected chi connectivity index (χ3v) is 12.0. The van der Waals surface area contributed by atoms with E-state index in [-0.39, 0.29) is 11.5 Å². The minimum absolute atomic E-state index is 0.00704. The summed E-state index contributed by atoms with van der Waals surface area (Å²) in [5.74, 6) is 2.67. The van der Waals surface area contributed by atoms with Gasteiger partial charge >= 0.3 is 0 Å². The molecule has 3 aromatic rings. The molecule has 0 amide bonds. The van der Waals surface area contributed by atoms with E-state index in [1.54, 1.807) is 11.3 Å². The van der Waals surface area contributed by atoms with Crippen molar-refractivity contribution >= 4 is 22.2 Å². The predicted octanol–water partition coefficient (Wildman–Crippen LogP) is 4.36. The number of hydrogen-bond acceptors (Lipinski definition) is 11. The molecule has 226 valence electrons. The van der Waals surface area contributed by atoms with Crippen molar-refractivity contribution in [2.75, 3.05) is 50.4 Å². The number of nitriles is 1. The fourth-order valence-electron chi connectivity index (χ4n) is 8.56. The van der Waals surface area contributed by atoms with Gasteiger partial charge in [-0.1, -0.05) is 5.16 Å². The highest BCUT2D eigenvalue weighted by Gasteiger charge is 2.48. The molecule has 0 radical (unpaired) electrons. The summed E-state index contributed by atoms with van der Waals surface area (Å²) in [6.07, 6.45) is 9.29. The van der Waals surface area contributed by atoms with Gasteiger partial charge in [0.05, 0.1) is 11.3 Å². The van der Waals surface area contributed by atoms with Crippen LogP contribution in [0.15, 0.2) is 10.6 Å². The van der Waals surface area contributed by atoms with E-state index in [4.69, 9.17) is 30.1 Å². The van der Waals surface area contributed by atoms with E-state index < -0.39 is 0 Å². The molecule has 2 N–H and O–H groups in total. The number of nitrogens with two attached hydrogens (primary N) is 1. The fourth-order valence-corrected chi connectivity index (χ4v) is 9.73. The van der Waals surface area contributed by atoms with Crippen molar-refractivity contribution in [1.29, 1.82) is 5.26 Å². The third-order valence-electron chi connectivity index (χ3n) is 10.9. The Balaban J connectivity index is 1.20. The Labute approximate surface area is 256 Å². The first-order valence-corrected chi connectivity index (χ1v) is 16.8. The number of ether oxygens (including phenoxy) is 1. The maximum atomic E-state index is 10.1. The lowest BCUT2D eigenvalue weighted by Crippen LogP contribution is -2.60. The summed E-state index contributed by atoms with van der Waals surface area (Å²) >= 11 is 1.57. The van der Waals surface area contributed by atoms with Crippen LogP contribution in [0.25, 0.3) is 11.6 Å². The maximum absolute atomic E-state index is 10.1. The molecule has 6 heterocycles. The molecular weight excluding hydrogens is 560 g/mol. The van der Waals surface area contributed by atoms with E-state index in [0.29, 0.717) is 40.1 Å². The SMILES string of the molecule is C[C@H](Oc1cc(N2CCN3CCC3C2)nc(-c2onc3c2CCC[C@@]32CCCc3sc(N)c(C#N)c32)n1)[C@@H]1CCCN1C. The monoisotopic (exact) mass is 600 g/mol. The zero-order valence-corrected chi connectivity index (χ0v) is 26.0. The maximum Gasteiger partial charge on any atom is 0.219 e. The molecule has 4 atom stereocenters. The summed E-state index contributed by atoms with van der Waals surface area (Å²) in [7, 11) is 2.18. The number of rotatable bonds is 5. The summed E-state index contributed by atoms with van der Waals surface area (Å²) in [5, 5.41) is 15.5. The smallest absolute Gasteiger partial charge is 0.219 e. The number of anilines is 2. The zero-order chi connectivity index (χ0) is 29.3. The molecule has 3 aliphatic heterocycles. The average Bonchev–Trinajstić information content (AvgIpc) is 3.71. The summed E-state index contributed by atoms with van der Waals surface area (Å²) < 4.78 is 12.8. The first kappa shape index (κ1) is 27.4. The summed E-state index contributed by atoms with van der Waals surface area (Å²) in [6, 6.07) is 5.40. The van der Waals surface area contributed by atoms with E-state index >= 15 is 0 Å². The molecule has 2 aliphatic carbocycles. The van der Waals surface area contributed by atoms with E-state index in [2.05, 4.69) is 34.7 Å². The number of aromatic nitrogens is 3. The van der Waals surface area contributed by atoms with Crippen molar-refractivity contribution in [3.8, 4) is 23.5 Å². The number of piperazine rings is 1. The molecule has 3 fully saturated rings. The molecule has 43 heavy (non-hydrogen) atoms. The standard InChI is InChI=1S/C32H40N8O2S/c1-19(23-7-5-12-38(23)2)41-26-16-25(40-15-14-39-13-9-20(39)18-40)35-31(36-26)28-21-6-3-10-32(29(21)37-42-28)11-4-8-24-27(32)22(17-33)30(34)43-24/h16,19-20,23H,3-15,18,34H2,1-2H3/t19-,20?,23-,32-/m0/s1. The van der Waals surface area contributed by atoms with Gasteiger partial charge in [-0.2, -0.15) is 10.2 Å². The number of aryl methyl sites for hydroxylation is 1. The molecule has 0 bridgehead atoms. The number of fused-ring (bicyclic) bond motifs is 5. The van der Waals surface area contributed by atoms with Gasteiger partial charge in [0.25, 0.3) is 0 Å². The molecule has 10 nitrogen and oxygen atoms in total. The summed E-state index contributed by atoms with van der Waals surface area (Å²) in [4.78, 5) is 18.7. The van der Waals surface area contributed by atoms with Crippen LogP contribution in [-0.4, -0.2) is 82.9 Å². The van der Waals surface area contributed by atoms with Gasteiger partial charge in [0.15, 0.2) is 0 Å². The number of nitrogen functional groups attached to an aromatic ring is 1. The summed E-state index contributed by atoms with van der Waals surface area (Å²) in [6.45, 7) is 7.41. The first-order chi connectivity index (χ1) is 20.9. The van der Waals surface area contributed by atoms with E-state index in [0.717, 1.165) is 93.8 Å². The predicted molar refractivity (Wildman–Crippen MR) is 166 cm³/mol. The normalized spacial score (nSPS) is 27.7. The summed E-state index contributed by atoms with van der Waals surface area (Å²) in [5.41, 5.74) is 9.77. The molecule has 5 aliphatic rings. The Morgan fingerprint density at radius 1 is 1.14 bits per heavy atom. The Kier molecular flexibility index (Phi) is 6.65. The lowest BCUT2D eigenvalue weighted by Gasteiger charge is -2.48. The van der Waals surface area contributed by atoms with Crippen molar-refractivity contribution in [1.82, 2.24) is 24.9 Å². The van der Waals surface area contributed by atoms with Crippen molar-refractivity contribution in [3.05, 3.63) is 33.3 Å². The van der Waals surface area contributed by atoms with Crippen LogP contribution in [0, 0.1) is 11.3 Å². The van der Waals surface area contributed by atoms with Crippen LogP contribution in [0.2, 0.25) is 0 Å². The van der Waals surface area contributed by atoms with E-state index in [1.807, 2.05) is 6.07 Å². The first-order valence-electron chi connectivity index (χ1n) is 16.0. The second-order valence-electron chi connectivity index (χ2n) is 13.2. The lowest BCUT2D eigenvalue weighted by molar-refractivity contribution is 0.0781. The van der Waals surface area contributed by atoms with Gasteiger partial charge in [0.1, 0.15) is 23.0 Å². The number of hydrogen-bond donors (Lipinski definition) is 1. The number of likely N-dealkylation sites (N-methyl/N-ethyl adjacent to an activating group) is 1. The number of nitrogens with zero attached hydrogens (tertiary/aromatic N) is 7. The van der Waals surface area contributed by atoms with Gasteiger partial charge in [-0.3, -0.25) is 9.80 Å². The van der Waals surface area contributed by atoms with Crippen LogP contribution in [-0.2, 0) is 18.3 Å². The number of likely N-dealkylation sites (tertiary alicyclic amines) is 1. The molecule has 0 aromatic carbocycles. The highest BCUT2D eigenvalue weighted by atomic mass is 32.1. The zero-order valence-electron chi connectivity index (χ0n) is 25.1. The van der Waals surface area contributed by atoms with Gasteiger partial charge in [-0.25, -0.2) is 4.98 Å². The Morgan fingerprint density at radius 3 is 2.74 bits per heavy atom. The van der Waals surface area contributed by atoms with Gasteiger partial charge in [0.2, 0.25) is 17.5 Å². The molecule has 3 aromatic heterocycles. The Morgan fingerprint density at radius 2 is 2.00 bits per heavy atom. The van der Waals surface area contributed by atoms with Crippen LogP contribution >= 0.6 is 11.3 Å². The van der Waals surface area contributed by atoms with Crippen molar-refractivity contribution in [3.63, 3.8) is 0 Å². The van der Waals surface area contributed by atoms with Crippen LogP contribution < -0.4 is 15.4 Å².